The molecule has 6 heteroatoms. The zero-order valence-corrected chi connectivity index (χ0v) is 13.2. The maximum Gasteiger partial charge on any atom is 0.232 e. The second-order valence-electron chi connectivity index (χ2n) is 4.83. The van der Waals surface area contributed by atoms with Crippen molar-refractivity contribution in [2.24, 2.45) is 5.92 Å². The number of hydrogen-bond donors (Lipinski definition) is 1. The molecule has 2 unspecified atom stereocenters. The first-order valence-electron chi connectivity index (χ1n) is 6.34. The molecule has 1 aliphatic heterocycles. The van der Waals surface area contributed by atoms with Crippen LogP contribution >= 0.6 is 34.7 Å². The van der Waals surface area contributed by atoms with E-state index in [1.165, 1.54) is 4.88 Å². The second-order valence-corrected chi connectivity index (χ2v) is 7.61. The van der Waals surface area contributed by atoms with Crippen LogP contribution < -0.4 is 0 Å². The topological polar surface area (TPSA) is 40.5 Å². The molecular formula is C13H18ClNO2S2. The third-order valence-electron chi connectivity index (χ3n) is 3.36. The van der Waals surface area contributed by atoms with E-state index in [9.17, 15) is 9.90 Å². The van der Waals surface area contributed by atoms with E-state index in [2.05, 4.69) is 0 Å². The molecular weight excluding hydrogens is 302 g/mol. The second kappa shape index (κ2) is 6.97. The maximum atomic E-state index is 12.0. The van der Waals surface area contributed by atoms with Crippen molar-refractivity contribution in [1.29, 1.82) is 0 Å². The first-order valence-corrected chi connectivity index (χ1v) is 8.69. The Bertz CT molecular complexity index is 436. The Labute approximate surface area is 126 Å². The lowest BCUT2D eigenvalue weighted by Gasteiger charge is -2.17. The molecule has 1 aliphatic rings. The molecule has 0 saturated carbocycles. The average molecular weight is 320 g/mol. The van der Waals surface area contributed by atoms with Gasteiger partial charge < -0.3 is 10.0 Å². The highest BCUT2D eigenvalue weighted by atomic mass is 35.5. The van der Waals surface area contributed by atoms with Gasteiger partial charge >= 0.3 is 0 Å². The summed E-state index contributed by atoms with van der Waals surface area (Å²) in [6.45, 7) is 3.27. The Morgan fingerprint density at radius 2 is 2.47 bits per heavy atom. The van der Waals surface area contributed by atoms with Gasteiger partial charge in [0.1, 0.15) is 0 Å². The van der Waals surface area contributed by atoms with Crippen molar-refractivity contribution >= 4 is 40.6 Å². The molecule has 1 aromatic rings. The quantitative estimate of drug-likeness (QED) is 0.907. The van der Waals surface area contributed by atoms with E-state index in [1.54, 1.807) is 30.0 Å². The molecule has 2 atom stereocenters. The first kappa shape index (κ1) is 15.2. The van der Waals surface area contributed by atoms with Crippen LogP contribution in [0.2, 0.25) is 4.34 Å². The standard InChI is InChI=1S/C13H18ClNO2S2/c1-9(16)10-4-5-15(6-10)13(17)8-18-7-11-2-3-12(14)19-11/h2-3,9-10,16H,4-8H2,1H3. The van der Waals surface area contributed by atoms with Gasteiger partial charge in [-0.2, -0.15) is 0 Å². The lowest BCUT2D eigenvalue weighted by Crippen LogP contribution is -2.31. The molecule has 106 valence electrons. The molecule has 2 rings (SSSR count). The van der Waals surface area contributed by atoms with Crippen molar-refractivity contribution in [1.82, 2.24) is 4.90 Å². The number of carbonyl (C=O) groups excluding carboxylic acids is 1. The van der Waals surface area contributed by atoms with E-state index < -0.39 is 0 Å². The normalized spacial score (nSPS) is 20.8. The summed E-state index contributed by atoms with van der Waals surface area (Å²) in [5.41, 5.74) is 0. The Morgan fingerprint density at radius 1 is 1.68 bits per heavy atom. The summed E-state index contributed by atoms with van der Waals surface area (Å²) >= 11 is 9.05. The smallest absolute Gasteiger partial charge is 0.232 e. The van der Waals surface area contributed by atoms with Crippen molar-refractivity contribution in [2.75, 3.05) is 18.8 Å². The minimum absolute atomic E-state index is 0.177. The van der Waals surface area contributed by atoms with Crippen molar-refractivity contribution in [3.63, 3.8) is 0 Å². The summed E-state index contributed by atoms with van der Waals surface area (Å²) in [6.07, 6.45) is 0.591. The summed E-state index contributed by atoms with van der Waals surface area (Å²) in [6, 6.07) is 3.89. The van der Waals surface area contributed by atoms with Crippen LogP contribution in [0.1, 0.15) is 18.2 Å². The van der Waals surface area contributed by atoms with Gasteiger partial charge in [0.25, 0.3) is 0 Å². The monoisotopic (exact) mass is 319 g/mol. The molecule has 1 N–H and O–H groups in total. The summed E-state index contributed by atoms with van der Waals surface area (Å²) in [4.78, 5) is 15.1. The number of halogens is 1. The number of thioether (sulfide) groups is 1. The van der Waals surface area contributed by atoms with E-state index in [0.717, 1.165) is 23.1 Å². The lowest BCUT2D eigenvalue weighted by atomic mass is 10.0. The first-order chi connectivity index (χ1) is 9.06. The van der Waals surface area contributed by atoms with Gasteiger partial charge in [0.15, 0.2) is 0 Å². The molecule has 1 saturated heterocycles. The number of nitrogens with zero attached hydrogens (tertiary/aromatic N) is 1. The predicted octanol–water partition coefficient (Wildman–Crippen LogP) is 2.86. The number of carbonyl (C=O) groups is 1. The summed E-state index contributed by atoms with van der Waals surface area (Å²) in [7, 11) is 0. The zero-order valence-electron chi connectivity index (χ0n) is 10.8. The van der Waals surface area contributed by atoms with Gasteiger partial charge in [0.2, 0.25) is 5.91 Å². The summed E-state index contributed by atoms with van der Waals surface area (Å²) in [5.74, 6) is 1.75. The molecule has 0 radical (unpaired) electrons. The van der Waals surface area contributed by atoms with E-state index in [0.29, 0.717) is 12.3 Å². The van der Waals surface area contributed by atoms with E-state index in [1.807, 2.05) is 17.0 Å². The van der Waals surface area contributed by atoms with Crippen molar-refractivity contribution < 1.29 is 9.90 Å². The third kappa shape index (κ3) is 4.38. The van der Waals surface area contributed by atoms with E-state index in [-0.39, 0.29) is 17.9 Å². The Balaban J connectivity index is 1.70. The fourth-order valence-electron chi connectivity index (χ4n) is 2.17. The fraction of sp³-hybridized carbons (Fsp3) is 0.615. The molecule has 1 fully saturated rings. The fourth-order valence-corrected chi connectivity index (χ4v) is 4.29. The van der Waals surface area contributed by atoms with Crippen LogP contribution in [0.15, 0.2) is 12.1 Å². The van der Waals surface area contributed by atoms with Gasteiger partial charge in [0.05, 0.1) is 16.2 Å². The molecule has 2 heterocycles. The Hall–Kier alpha value is -0.230. The summed E-state index contributed by atoms with van der Waals surface area (Å²) < 4.78 is 0.793. The molecule has 0 bridgehead atoms. The van der Waals surface area contributed by atoms with E-state index in [4.69, 9.17) is 11.6 Å². The van der Waals surface area contributed by atoms with Crippen LogP contribution in [0, 0.1) is 5.92 Å². The minimum atomic E-state index is -0.321. The van der Waals surface area contributed by atoms with Crippen LogP contribution in [-0.2, 0) is 10.5 Å². The molecule has 1 aromatic heterocycles. The number of aliphatic hydroxyl groups is 1. The van der Waals surface area contributed by atoms with Gasteiger partial charge in [-0.15, -0.1) is 23.1 Å². The number of aliphatic hydroxyl groups excluding tert-OH is 1. The van der Waals surface area contributed by atoms with Gasteiger partial charge in [0, 0.05) is 29.6 Å². The summed E-state index contributed by atoms with van der Waals surface area (Å²) in [5, 5.41) is 9.52. The highest BCUT2D eigenvalue weighted by Gasteiger charge is 2.28. The van der Waals surface area contributed by atoms with E-state index >= 15 is 0 Å². The van der Waals surface area contributed by atoms with Crippen LogP contribution in [0.4, 0.5) is 0 Å². The van der Waals surface area contributed by atoms with Crippen LogP contribution in [0.3, 0.4) is 0 Å². The Morgan fingerprint density at radius 3 is 3.05 bits per heavy atom. The molecule has 0 spiro atoms. The molecule has 0 aliphatic carbocycles. The molecule has 1 amide bonds. The lowest BCUT2D eigenvalue weighted by molar-refractivity contribution is -0.127. The highest BCUT2D eigenvalue weighted by molar-refractivity contribution is 7.99. The van der Waals surface area contributed by atoms with Crippen molar-refractivity contribution in [3.05, 3.63) is 21.3 Å². The molecule has 3 nitrogen and oxygen atoms in total. The molecule has 0 aromatic carbocycles. The van der Waals surface area contributed by atoms with Gasteiger partial charge in [-0.1, -0.05) is 11.6 Å². The maximum absolute atomic E-state index is 12.0. The Kier molecular flexibility index (Phi) is 5.57. The molecule has 19 heavy (non-hydrogen) atoms. The van der Waals surface area contributed by atoms with Crippen molar-refractivity contribution in [2.45, 2.75) is 25.2 Å². The number of thiophene rings is 1. The zero-order chi connectivity index (χ0) is 13.8. The van der Waals surface area contributed by atoms with Crippen LogP contribution in [0.5, 0.6) is 0 Å². The highest BCUT2D eigenvalue weighted by Crippen LogP contribution is 2.26. The number of likely N-dealkylation sites (tertiary alicyclic amines) is 1. The SMILES string of the molecule is CC(O)C1CCN(C(=O)CSCc2ccc(Cl)s2)C1. The van der Waals surface area contributed by atoms with Gasteiger partial charge in [-0.3, -0.25) is 4.79 Å². The third-order valence-corrected chi connectivity index (χ3v) is 5.74. The largest absolute Gasteiger partial charge is 0.393 e. The average Bonchev–Trinajstić information content (AvgIpc) is 2.98. The number of amides is 1. The van der Waals surface area contributed by atoms with Gasteiger partial charge in [-0.05, 0) is 25.5 Å². The van der Waals surface area contributed by atoms with Gasteiger partial charge in [-0.25, -0.2) is 0 Å². The van der Waals surface area contributed by atoms with Crippen LogP contribution in [0.25, 0.3) is 0 Å². The minimum Gasteiger partial charge on any atom is -0.393 e. The number of rotatable bonds is 5. The van der Waals surface area contributed by atoms with Crippen molar-refractivity contribution in [3.8, 4) is 0 Å². The predicted molar refractivity (Wildman–Crippen MR) is 81.9 cm³/mol. The van der Waals surface area contributed by atoms with Crippen LogP contribution in [-0.4, -0.2) is 40.9 Å². The number of hydrogen-bond acceptors (Lipinski definition) is 4.